The average Bonchev–Trinajstić information content (AvgIpc) is 2.67. The summed E-state index contributed by atoms with van der Waals surface area (Å²) in [7, 11) is 0. The minimum Gasteiger partial charge on any atom is -0.392 e. The second-order valence-corrected chi connectivity index (χ2v) is 6.28. The van der Waals surface area contributed by atoms with Crippen molar-refractivity contribution in [2.45, 2.75) is 38.5 Å². The lowest BCUT2D eigenvalue weighted by Crippen LogP contribution is -2.51. The number of hydrogen-bond donors (Lipinski definition) is 1. The molecule has 2 rings (SSSR count). The SMILES string of the molecule is NC(=S)CN1CCN(C(=O)C2CCCCCC2)CC1. The molecule has 0 aromatic rings. The molecule has 0 aromatic carbocycles. The molecule has 1 saturated carbocycles. The molecule has 19 heavy (non-hydrogen) atoms. The van der Waals surface area contributed by atoms with Crippen LogP contribution in [0.4, 0.5) is 0 Å². The van der Waals surface area contributed by atoms with E-state index in [9.17, 15) is 4.79 Å². The molecule has 1 saturated heterocycles. The van der Waals surface area contributed by atoms with Gasteiger partial charge < -0.3 is 10.6 Å². The lowest BCUT2D eigenvalue weighted by atomic mass is 9.98. The normalized spacial score (nSPS) is 23.1. The molecule has 0 unspecified atom stereocenters. The van der Waals surface area contributed by atoms with Gasteiger partial charge in [-0.2, -0.15) is 0 Å². The molecule has 4 nitrogen and oxygen atoms in total. The van der Waals surface area contributed by atoms with Crippen LogP contribution < -0.4 is 5.73 Å². The van der Waals surface area contributed by atoms with E-state index in [1.807, 2.05) is 4.90 Å². The molecule has 108 valence electrons. The number of amides is 1. The molecular weight excluding hydrogens is 258 g/mol. The first-order valence-corrected chi connectivity index (χ1v) is 7.87. The predicted octanol–water partition coefficient (Wildman–Crippen LogP) is 1.39. The molecule has 1 aliphatic heterocycles. The lowest BCUT2D eigenvalue weighted by Gasteiger charge is -2.36. The number of carbonyl (C=O) groups excluding carboxylic acids is 1. The van der Waals surface area contributed by atoms with Crippen LogP contribution in [0.2, 0.25) is 0 Å². The highest BCUT2D eigenvalue weighted by atomic mass is 32.1. The van der Waals surface area contributed by atoms with Gasteiger partial charge in [0.1, 0.15) is 0 Å². The maximum absolute atomic E-state index is 12.5. The van der Waals surface area contributed by atoms with Crippen LogP contribution in [0, 0.1) is 5.92 Å². The molecule has 1 amide bonds. The first kappa shape index (κ1) is 14.7. The van der Waals surface area contributed by atoms with Crippen molar-refractivity contribution in [3.63, 3.8) is 0 Å². The zero-order chi connectivity index (χ0) is 13.7. The third-order valence-electron chi connectivity index (χ3n) is 4.27. The van der Waals surface area contributed by atoms with Crippen molar-refractivity contribution in [2.75, 3.05) is 32.7 Å². The molecule has 0 radical (unpaired) electrons. The summed E-state index contributed by atoms with van der Waals surface area (Å²) in [5.74, 6) is 0.668. The van der Waals surface area contributed by atoms with E-state index in [1.165, 1.54) is 25.7 Å². The highest BCUT2D eigenvalue weighted by Crippen LogP contribution is 2.25. The maximum atomic E-state index is 12.5. The van der Waals surface area contributed by atoms with Gasteiger partial charge >= 0.3 is 0 Å². The fraction of sp³-hybridized carbons (Fsp3) is 0.857. The van der Waals surface area contributed by atoms with Crippen LogP contribution in [0.1, 0.15) is 38.5 Å². The van der Waals surface area contributed by atoms with Crippen LogP contribution in [0.25, 0.3) is 0 Å². The third kappa shape index (κ3) is 4.42. The van der Waals surface area contributed by atoms with E-state index in [0.29, 0.717) is 17.4 Å². The van der Waals surface area contributed by atoms with Gasteiger partial charge in [-0.05, 0) is 12.8 Å². The number of nitrogens with zero attached hydrogens (tertiary/aromatic N) is 2. The number of rotatable bonds is 3. The van der Waals surface area contributed by atoms with E-state index in [1.54, 1.807) is 0 Å². The highest BCUT2D eigenvalue weighted by Gasteiger charge is 2.27. The lowest BCUT2D eigenvalue weighted by molar-refractivity contribution is -0.137. The van der Waals surface area contributed by atoms with Gasteiger partial charge in [-0.25, -0.2) is 0 Å². The van der Waals surface area contributed by atoms with Crippen LogP contribution in [0.15, 0.2) is 0 Å². The Bertz CT molecular complexity index is 319. The molecule has 0 spiro atoms. The minimum atomic E-state index is 0.282. The summed E-state index contributed by atoms with van der Waals surface area (Å²) >= 11 is 4.93. The molecule has 2 aliphatic rings. The van der Waals surface area contributed by atoms with Crippen molar-refractivity contribution in [1.29, 1.82) is 0 Å². The fourth-order valence-electron chi connectivity index (χ4n) is 3.13. The van der Waals surface area contributed by atoms with Gasteiger partial charge in [-0.1, -0.05) is 37.9 Å². The number of carbonyl (C=O) groups is 1. The Morgan fingerprint density at radius 1 is 1.05 bits per heavy atom. The second kappa shape index (κ2) is 7.20. The number of hydrogen-bond acceptors (Lipinski definition) is 3. The van der Waals surface area contributed by atoms with Gasteiger partial charge in [-0.15, -0.1) is 0 Å². The second-order valence-electron chi connectivity index (χ2n) is 5.76. The Balaban J connectivity index is 1.79. The van der Waals surface area contributed by atoms with Crippen molar-refractivity contribution in [1.82, 2.24) is 9.80 Å². The fourth-order valence-corrected chi connectivity index (χ4v) is 3.31. The molecule has 0 bridgehead atoms. The molecule has 0 aromatic heterocycles. The van der Waals surface area contributed by atoms with Crippen molar-refractivity contribution in [3.05, 3.63) is 0 Å². The van der Waals surface area contributed by atoms with Crippen molar-refractivity contribution >= 4 is 23.1 Å². The van der Waals surface area contributed by atoms with Crippen LogP contribution in [0.3, 0.4) is 0 Å². The Hall–Kier alpha value is -0.680. The van der Waals surface area contributed by atoms with Crippen LogP contribution >= 0.6 is 12.2 Å². The summed E-state index contributed by atoms with van der Waals surface area (Å²) < 4.78 is 0. The minimum absolute atomic E-state index is 0.282. The van der Waals surface area contributed by atoms with Crippen LogP contribution in [-0.2, 0) is 4.79 Å². The zero-order valence-electron chi connectivity index (χ0n) is 11.6. The standard InChI is InChI=1S/C14H25N3OS/c15-13(19)11-16-7-9-17(10-8-16)14(18)12-5-3-1-2-4-6-12/h12H,1-11H2,(H2,15,19). The summed E-state index contributed by atoms with van der Waals surface area (Å²) in [4.78, 5) is 17.3. The largest absolute Gasteiger partial charge is 0.392 e. The van der Waals surface area contributed by atoms with Gasteiger partial charge in [0.05, 0.1) is 4.99 Å². The van der Waals surface area contributed by atoms with Gasteiger partial charge in [-0.3, -0.25) is 9.69 Å². The topological polar surface area (TPSA) is 49.6 Å². The summed E-state index contributed by atoms with van der Waals surface area (Å²) in [5, 5.41) is 0. The van der Waals surface area contributed by atoms with E-state index >= 15 is 0 Å². The van der Waals surface area contributed by atoms with Crippen LogP contribution in [-0.4, -0.2) is 53.4 Å². The molecular formula is C14H25N3OS. The predicted molar refractivity (Wildman–Crippen MR) is 81.0 cm³/mol. The Kier molecular flexibility index (Phi) is 5.58. The number of nitrogens with two attached hydrogens (primary N) is 1. The molecule has 2 fully saturated rings. The van der Waals surface area contributed by atoms with Gasteiger partial charge in [0, 0.05) is 38.6 Å². The Morgan fingerprint density at radius 2 is 1.63 bits per heavy atom. The Labute approximate surface area is 121 Å². The summed E-state index contributed by atoms with van der Waals surface area (Å²) in [6.07, 6.45) is 7.21. The third-order valence-corrected chi connectivity index (χ3v) is 4.40. The summed E-state index contributed by atoms with van der Waals surface area (Å²) in [6, 6.07) is 0. The number of piperazine rings is 1. The first-order valence-electron chi connectivity index (χ1n) is 7.46. The summed E-state index contributed by atoms with van der Waals surface area (Å²) in [5.41, 5.74) is 5.56. The van der Waals surface area contributed by atoms with E-state index in [2.05, 4.69) is 4.90 Å². The highest BCUT2D eigenvalue weighted by molar-refractivity contribution is 7.80. The first-order chi connectivity index (χ1) is 9.16. The van der Waals surface area contributed by atoms with E-state index < -0.39 is 0 Å². The van der Waals surface area contributed by atoms with Crippen molar-refractivity contribution < 1.29 is 4.79 Å². The average molecular weight is 283 g/mol. The molecule has 2 N–H and O–H groups in total. The molecule has 1 aliphatic carbocycles. The molecule has 1 heterocycles. The monoisotopic (exact) mass is 283 g/mol. The van der Waals surface area contributed by atoms with Gasteiger partial charge in [0.2, 0.25) is 5.91 Å². The van der Waals surface area contributed by atoms with Gasteiger partial charge in [0.25, 0.3) is 0 Å². The smallest absolute Gasteiger partial charge is 0.225 e. The van der Waals surface area contributed by atoms with E-state index in [0.717, 1.165) is 39.0 Å². The zero-order valence-corrected chi connectivity index (χ0v) is 12.5. The quantitative estimate of drug-likeness (QED) is 0.628. The number of thiocarbonyl (C=S) groups is 1. The van der Waals surface area contributed by atoms with Crippen molar-refractivity contribution in [3.8, 4) is 0 Å². The van der Waals surface area contributed by atoms with Gasteiger partial charge in [0.15, 0.2) is 0 Å². The summed E-state index contributed by atoms with van der Waals surface area (Å²) in [6.45, 7) is 4.14. The van der Waals surface area contributed by atoms with Crippen molar-refractivity contribution in [2.24, 2.45) is 11.7 Å². The van der Waals surface area contributed by atoms with E-state index in [-0.39, 0.29) is 5.92 Å². The Morgan fingerprint density at radius 3 is 2.16 bits per heavy atom. The maximum Gasteiger partial charge on any atom is 0.225 e. The molecule has 0 atom stereocenters. The van der Waals surface area contributed by atoms with E-state index in [4.69, 9.17) is 18.0 Å². The van der Waals surface area contributed by atoms with Crippen LogP contribution in [0.5, 0.6) is 0 Å². The molecule has 5 heteroatoms.